The number of hydrogen-bond donors (Lipinski definition) is 3. The van der Waals surface area contributed by atoms with Crippen molar-refractivity contribution in [3.8, 4) is 0 Å². The molecule has 1 aromatic carbocycles. The summed E-state index contributed by atoms with van der Waals surface area (Å²) in [6, 6.07) is 6.34. The van der Waals surface area contributed by atoms with Gasteiger partial charge >= 0.3 is 6.03 Å². The van der Waals surface area contributed by atoms with E-state index in [9.17, 15) is 9.59 Å². The average Bonchev–Trinajstić information content (AvgIpc) is 3.26. The molecule has 7 heteroatoms. The Morgan fingerprint density at radius 3 is 2.81 bits per heavy atom. The second kappa shape index (κ2) is 8.71. The minimum absolute atomic E-state index is 0.140. The van der Waals surface area contributed by atoms with Crippen LogP contribution in [0.25, 0.3) is 0 Å². The Labute approximate surface area is 161 Å². The third kappa shape index (κ3) is 4.78. The van der Waals surface area contributed by atoms with E-state index in [0.717, 1.165) is 43.5 Å². The smallest absolute Gasteiger partial charge is 0.321 e. The normalized spacial score (nSPS) is 22.3. The Kier molecular flexibility index (Phi) is 6.34. The maximum Gasteiger partial charge on any atom is 0.321 e. The number of rotatable bonds is 6. The van der Waals surface area contributed by atoms with Crippen LogP contribution in [0.5, 0.6) is 0 Å². The lowest BCUT2D eigenvalue weighted by molar-refractivity contribution is -0.117. The van der Waals surface area contributed by atoms with Gasteiger partial charge in [0.25, 0.3) is 0 Å². The quantitative estimate of drug-likeness (QED) is 0.716. The molecule has 3 rings (SSSR count). The van der Waals surface area contributed by atoms with Crippen molar-refractivity contribution in [2.75, 3.05) is 30.4 Å². The standard InChI is InChI=1S/C20H31N5O2/c1-4-6-16-11-17(23-22-16)13-24(3)20(27)21-15-9-8-14(2)18(12-15)25-10-5-7-19(25)26/h8-9,12,16-17,22-23H,4-7,10-11,13H2,1-3H3,(H,21,27). The monoisotopic (exact) mass is 373 g/mol. The van der Waals surface area contributed by atoms with E-state index in [1.807, 2.05) is 37.1 Å². The number of carbonyl (C=O) groups is 2. The van der Waals surface area contributed by atoms with Crippen LogP contribution in [-0.2, 0) is 4.79 Å². The number of nitrogens with zero attached hydrogens (tertiary/aromatic N) is 2. The highest BCUT2D eigenvalue weighted by Crippen LogP contribution is 2.28. The van der Waals surface area contributed by atoms with Gasteiger partial charge in [0.1, 0.15) is 0 Å². The largest absolute Gasteiger partial charge is 0.326 e. The first-order valence-corrected chi connectivity index (χ1v) is 9.92. The molecule has 0 spiro atoms. The van der Waals surface area contributed by atoms with Crippen LogP contribution in [0.2, 0.25) is 0 Å². The van der Waals surface area contributed by atoms with Gasteiger partial charge in [-0.25, -0.2) is 4.79 Å². The fourth-order valence-corrected chi connectivity index (χ4v) is 3.87. The zero-order valence-electron chi connectivity index (χ0n) is 16.5. The number of nitrogens with one attached hydrogen (secondary N) is 3. The molecule has 0 radical (unpaired) electrons. The van der Waals surface area contributed by atoms with Gasteiger partial charge in [0.05, 0.1) is 0 Å². The molecular weight excluding hydrogens is 342 g/mol. The lowest BCUT2D eigenvalue weighted by Gasteiger charge is -2.23. The van der Waals surface area contributed by atoms with Crippen molar-refractivity contribution in [1.29, 1.82) is 0 Å². The first-order valence-electron chi connectivity index (χ1n) is 9.92. The van der Waals surface area contributed by atoms with Crippen LogP contribution in [-0.4, -0.2) is 49.1 Å². The lowest BCUT2D eigenvalue weighted by atomic mass is 10.1. The molecule has 2 unspecified atom stereocenters. The SMILES string of the molecule is CCCC1CC(CN(C)C(=O)Nc2ccc(C)c(N3CCCC3=O)c2)NN1. The molecule has 2 heterocycles. The third-order valence-corrected chi connectivity index (χ3v) is 5.36. The number of urea groups is 1. The van der Waals surface area contributed by atoms with Gasteiger partial charge in [-0.3, -0.25) is 15.6 Å². The number of hydrogen-bond acceptors (Lipinski definition) is 4. The second-order valence-electron chi connectivity index (χ2n) is 7.67. The van der Waals surface area contributed by atoms with Crippen LogP contribution in [0.3, 0.4) is 0 Å². The van der Waals surface area contributed by atoms with Gasteiger partial charge in [-0.05, 0) is 43.9 Å². The average molecular weight is 374 g/mol. The molecule has 7 nitrogen and oxygen atoms in total. The molecule has 3 amide bonds. The number of likely N-dealkylation sites (N-methyl/N-ethyl adjacent to an activating group) is 1. The fraction of sp³-hybridized carbons (Fsp3) is 0.600. The minimum Gasteiger partial charge on any atom is -0.326 e. The number of anilines is 2. The first-order chi connectivity index (χ1) is 13.0. The molecule has 2 aliphatic heterocycles. The minimum atomic E-state index is -0.140. The van der Waals surface area contributed by atoms with E-state index in [0.29, 0.717) is 24.7 Å². The number of hydrazine groups is 1. The molecule has 0 aromatic heterocycles. The Balaban J connectivity index is 1.58. The summed E-state index contributed by atoms with van der Waals surface area (Å²) in [4.78, 5) is 28.1. The molecule has 0 bridgehead atoms. The zero-order valence-corrected chi connectivity index (χ0v) is 16.5. The fourth-order valence-electron chi connectivity index (χ4n) is 3.87. The van der Waals surface area contributed by atoms with Gasteiger partial charge in [-0.15, -0.1) is 0 Å². The summed E-state index contributed by atoms with van der Waals surface area (Å²) in [6.45, 7) is 5.56. The van der Waals surface area contributed by atoms with Crippen molar-refractivity contribution in [3.63, 3.8) is 0 Å². The van der Waals surface area contributed by atoms with Crippen molar-refractivity contribution in [3.05, 3.63) is 23.8 Å². The van der Waals surface area contributed by atoms with E-state index in [4.69, 9.17) is 0 Å². The summed E-state index contributed by atoms with van der Waals surface area (Å²) in [5, 5.41) is 2.96. The molecule has 2 fully saturated rings. The highest BCUT2D eigenvalue weighted by atomic mass is 16.2. The predicted octanol–water partition coefficient (Wildman–Crippen LogP) is 2.62. The molecule has 2 aliphatic rings. The van der Waals surface area contributed by atoms with E-state index in [1.165, 1.54) is 0 Å². The van der Waals surface area contributed by atoms with Crippen LogP contribution in [0, 0.1) is 6.92 Å². The van der Waals surface area contributed by atoms with Gasteiger partial charge < -0.3 is 15.1 Å². The molecule has 0 aliphatic carbocycles. The molecule has 2 saturated heterocycles. The number of amides is 3. The van der Waals surface area contributed by atoms with Gasteiger partial charge in [-0.1, -0.05) is 19.4 Å². The molecule has 1 aromatic rings. The molecular formula is C20H31N5O2. The van der Waals surface area contributed by atoms with E-state index in [-0.39, 0.29) is 18.0 Å². The molecule has 148 valence electrons. The third-order valence-electron chi connectivity index (χ3n) is 5.36. The maximum atomic E-state index is 12.6. The zero-order chi connectivity index (χ0) is 19.4. The van der Waals surface area contributed by atoms with Crippen molar-refractivity contribution in [2.24, 2.45) is 0 Å². The number of aryl methyl sites for hydroxylation is 1. The summed E-state index contributed by atoms with van der Waals surface area (Å²) >= 11 is 0. The number of carbonyl (C=O) groups excluding carboxylic acids is 2. The van der Waals surface area contributed by atoms with Crippen LogP contribution in [0.15, 0.2) is 18.2 Å². The Bertz CT molecular complexity index is 693. The maximum absolute atomic E-state index is 12.6. The lowest BCUT2D eigenvalue weighted by Crippen LogP contribution is -2.42. The van der Waals surface area contributed by atoms with Crippen LogP contribution >= 0.6 is 0 Å². The van der Waals surface area contributed by atoms with E-state index in [1.54, 1.807) is 4.90 Å². The van der Waals surface area contributed by atoms with Gasteiger partial charge in [-0.2, -0.15) is 0 Å². The summed E-state index contributed by atoms with van der Waals surface area (Å²) in [7, 11) is 1.81. The predicted molar refractivity (Wildman–Crippen MR) is 108 cm³/mol. The van der Waals surface area contributed by atoms with Gasteiger partial charge in [0.2, 0.25) is 5.91 Å². The summed E-state index contributed by atoms with van der Waals surface area (Å²) < 4.78 is 0. The highest BCUT2D eigenvalue weighted by Gasteiger charge is 2.26. The Hall–Kier alpha value is -2.12. The van der Waals surface area contributed by atoms with Crippen LogP contribution in [0.1, 0.15) is 44.6 Å². The Morgan fingerprint density at radius 1 is 1.33 bits per heavy atom. The van der Waals surface area contributed by atoms with Gasteiger partial charge in [0.15, 0.2) is 0 Å². The summed E-state index contributed by atoms with van der Waals surface area (Å²) in [5.74, 6) is 0.153. The summed E-state index contributed by atoms with van der Waals surface area (Å²) in [6.07, 6.45) is 4.80. The van der Waals surface area contributed by atoms with Crippen molar-refractivity contribution in [1.82, 2.24) is 15.8 Å². The van der Waals surface area contributed by atoms with Crippen molar-refractivity contribution < 1.29 is 9.59 Å². The Morgan fingerprint density at radius 2 is 2.11 bits per heavy atom. The first kappa shape index (κ1) is 19.6. The molecule has 27 heavy (non-hydrogen) atoms. The van der Waals surface area contributed by atoms with Crippen LogP contribution < -0.4 is 21.1 Å². The summed E-state index contributed by atoms with van der Waals surface area (Å²) in [5.41, 5.74) is 9.24. The molecule has 3 N–H and O–H groups in total. The van der Waals surface area contributed by atoms with E-state index < -0.39 is 0 Å². The van der Waals surface area contributed by atoms with Crippen molar-refractivity contribution in [2.45, 2.75) is 58.0 Å². The topological polar surface area (TPSA) is 76.7 Å². The van der Waals surface area contributed by atoms with E-state index in [2.05, 4.69) is 23.1 Å². The highest BCUT2D eigenvalue weighted by molar-refractivity contribution is 5.97. The van der Waals surface area contributed by atoms with Crippen molar-refractivity contribution >= 4 is 23.3 Å². The van der Waals surface area contributed by atoms with E-state index >= 15 is 0 Å². The second-order valence-corrected chi connectivity index (χ2v) is 7.67. The van der Waals surface area contributed by atoms with Crippen LogP contribution in [0.4, 0.5) is 16.2 Å². The number of benzene rings is 1. The molecule has 2 atom stereocenters. The van der Waals surface area contributed by atoms with Gasteiger partial charge in [0, 0.05) is 50.0 Å². The molecule has 0 saturated carbocycles.